The van der Waals surface area contributed by atoms with Gasteiger partial charge in [-0.05, 0) is 0 Å². The van der Waals surface area contributed by atoms with Gasteiger partial charge in [0.15, 0.2) is 0 Å². The molecule has 2 aromatic carbocycles. The molecule has 2 aromatic rings. The fourth-order valence-electron chi connectivity index (χ4n) is 1.52. The van der Waals surface area contributed by atoms with Crippen LogP contribution in [0.15, 0.2) is 42.5 Å². The van der Waals surface area contributed by atoms with E-state index in [1.807, 2.05) is 18.2 Å². The average Bonchev–Trinajstić information content (AvgIpc) is 2.15. The van der Waals surface area contributed by atoms with E-state index in [0.717, 1.165) is 5.39 Å². The molecular weight excluding hydrogens is 199 g/mol. The molecule has 0 saturated carbocycles. The molecule has 4 heteroatoms. The maximum absolute atomic E-state index is 9.24. The zero-order valence-electron chi connectivity index (χ0n) is 7.38. The Balaban J connectivity index is 2.78. The molecule has 0 aromatic heterocycles. The van der Waals surface area contributed by atoms with Gasteiger partial charge in [-0.1, -0.05) is 0 Å². The third-order valence-electron chi connectivity index (χ3n) is 2.15. The molecule has 2 rings (SSSR count). The van der Waals surface area contributed by atoms with Gasteiger partial charge in [0, 0.05) is 0 Å². The van der Waals surface area contributed by atoms with Crippen molar-refractivity contribution in [3.63, 3.8) is 0 Å². The Kier molecular flexibility index (Phi) is 2.25. The fraction of sp³-hybridized carbons (Fsp3) is 0. The third kappa shape index (κ3) is 1.63. The molecule has 0 unspecified atom stereocenters. The molecule has 0 bridgehead atoms. The normalized spacial score (nSPS) is 13.1. The second-order valence-corrected chi connectivity index (χ2v) is 4.97. The zero-order chi connectivity index (χ0) is 10.2. The number of hydrogen-bond donors (Lipinski definition) is 3. The topological polar surface area (TPSA) is 60.7 Å². The van der Waals surface area contributed by atoms with Crippen molar-refractivity contribution >= 4 is 24.0 Å². The maximum atomic E-state index is 9.24. The number of fused-ring (bicyclic) bond motifs is 1. The minimum atomic E-state index is -4.20. The molecular formula is C10H11O3P. The SMILES string of the molecule is O[PH](O)(O)c1cccc2ccccc12. The van der Waals surface area contributed by atoms with Crippen molar-refractivity contribution < 1.29 is 14.7 Å². The molecule has 0 fully saturated rings. The van der Waals surface area contributed by atoms with Crippen molar-refractivity contribution in [2.45, 2.75) is 0 Å². The number of rotatable bonds is 1. The van der Waals surface area contributed by atoms with Crippen LogP contribution in [0.2, 0.25) is 0 Å². The van der Waals surface area contributed by atoms with E-state index in [2.05, 4.69) is 0 Å². The van der Waals surface area contributed by atoms with E-state index in [4.69, 9.17) is 0 Å². The quantitative estimate of drug-likeness (QED) is 0.614. The van der Waals surface area contributed by atoms with Crippen LogP contribution in [0.3, 0.4) is 0 Å². The summed E-state index contributed by atoms with van der Waals surface area (Å²) in [5.41, 5.74) is 0. The molecule has 14 heavy (non-hydrogen) atoms. The van der Waals surface area contributed by atoms with Gasteiger partial charge < -0.3 is 0 Å². The van der Waals surface area contributed by atoms with Crippen LogP contribution in [0.1, 0.15) is 0 Å². The third-order valence-corrected chi connectivity index (χ3v) is 3.31. The second-order valence-electron chi connectivity index (χ2n) is 3.16. The summed E-state index contributed by atoms with van der Waals surface area (Å²) in [4.78, 5) is 27.7. The Labute approximate surface area is 81.8 Å². The van der Waals surface area contributed by atoms with Gasteiger partial charge in [-0.25, -0.2) is 0 Å². The Morgan fingerprint density at radius 1 is 0.786 bits per heavy atom. The van der Waals surface area contributed by atoms with Gasteiger partial charge >= 0.3 is 81.2 Å². The first kappa shape index (κ1) is 9.56. The van der Waals surface area contributed by atoms with E-state index in [0.29, 0.717) is 5.39 Å². The number of hydrogen-bond acceptors (Lipinski definition) is 3. The Bertz CT molecular complexity index is 457. The average molecular weight is 210 g/mol. The van der Waals surface area contributed by atoms with Gasteiger partial charge in [0.05, 0.1) is 0 Å². The van der Waals surface area contributed by atoms with E-state index in [1.165, 1.54) is 6.07 Å². The summed E-state index contributed by atoms with van der Waals surface area (Å²) in [5.74, 6) is 0. The van der Waals surface area contributed by atoms with Gasteiger partial charge in [-0.2, -0.15) is 0 Å². The Hall–Kier alpha value is -0.990. The van der Waals surface area contributed by atoms with Gasteiger partial charge in [0.25, 0.3) is 0 Å². The molecule has 0 atom stereocenters. The van der Waals surface area contributed by atoms with Crippen LogP contribution in [-0.2, 0) is 0 Å². The van der Waals surface area contributed by atoms with E-state index < -0.39 is 7.94 Å². The van der Waals surface area contributed by atoms with Gasteiger partial charge in [-0.3, -0.25) is 0 Å². The summed E-state index contributed by atoms with van der Waals surface area (Å²) in [6.07, 6.45) is 0. The van der Waals surface area contributed by atoms with Crippen LogP contribution < -0.4 is 5.30 Å². The second kappa shape index (κ2) is 3.30. The predicted octanol–water partition coefficient (Wildman–Crippen LogP) is 0.937. The zero-order valence-corrected chi connectivity index (χ0v) is 8.38. The van der Waals surface area contributed by atoms with E-state index in [-0.39, 0.29) is 5.30 Å². The molecule has 0 aliphatic rings. The van der Waals surface area contributed by atoms with Crippen LogP contribution >= 0.6 is 7.94 Å². The molecule has 74 valence electrons. The first-order chi connectivity index (χ1) is 6.59. The standard InChI is InChI=1S/C10H11O3P/c11-14(12,13)10-7-3-5-8-4-1-2-6-9(8)10/h1-7,11-14H. The van der Waals surface area contributed by atoms with Crippen molar-refractivity contribution in [3.8, 4) is 0 Å². The molecule has 0 radical (unpaired) electrons. The molecule has 0 amide bonds. The summed E-state index contributed by atoms with van der Waals surface area (Å²) in [7, 11) is -4.20. The summed E-state index contributed by atoms with van der Waals surface area (Å²) >= 11 is 0. The van der Waals surface area contributed by atoms with E-state index in [9.17, 15) is 14.7 Å². The van der Waals surface area contributed by atoms with Crippen molar-refractivity contribution in [3.05, 3.63) is 42.5 Å². The summed E-state index contributed by atoms with van der Waals surface area (Å²) in [5, 5.41) is 1.81. The van der Waals surface area contributed by atoms with E-state index in [1.54, 1.807) is 18.2 Å². The van der Waals surface area contributed by atoms with Gasteiger partial charge in [0.1, 0.15) is 0 Å². The molecule has 0 aliphatic carbocycles. The number of benzene rings is 2. The molecule has 0 spiro atoms. The molecule has 0 aliphatic heterocycles. The molecule has 3 N–H and O–H groups in total. The predicted molar refractivity (Wildman–Crippen MR) is 58.6 cm³/mol. The molecule has 3 nitrogen and oxygen atoms in total. The van der Waals surface area contributed by atoms with Crippen molar-refractivity contribution in [2.75, 3.05) is 0 Å². The van der Waals surface area contributed by atoms with E-state index >= 15 is 0 Å². The van der Waals surface area contributed by atoms with Crippen LogP contribution in [0.4, 0.5) is 0 Å². The van der Waals surface area contributed by atoms with Crippen LogP contribution in [0.5, 0.6) is 0 Å². The van der Waals surface area contributed by atoms with Crippen LogP contribution in [0, 0.1) is 0 Å². The Morgan fingerprint density at radius 2 is 1.43 bits per heavy atom. The summed E-state index contributed by atoms with van der Waals surface area (Å²) in [6, 6.07) is 12.4. The van der Waals surface area contributed by atoms with Crippen molar-refractivity contribution in [2.24, 2.45) is 0 Å². The fourth-order valence-corrected chi connectivity index (χ4v) is 2.43. The Morgan fingerprint density at radius 3 is 2.14 bits per heavy atom. The van der Waals surface area contributed by atoms with Gasteiger partial charge in [0.2, 0.25) is 0 Å². The summed E-state index contributed by atoms with van der Waals surface area (Å²) in [6.45, 7) is 0. The monoisotopic (exact) mass is 210 g/mol. The first-order valence-corrected chi connectivity index (χ1v) is 6.08. The molecule has 0 heterocycles. The van der Waals surface area contributed by atoms with Crippen molar-refractivity contribution in [1.82, 2.24) is 0 Å². The molecule has 0 saturated heterocycles. The van der Waals surface area contributed by atoms with Crippen LogP contribution in [0.25, 0.3) is 10.8 Å². The summed E-state index contributed by atoms with van der Waals surface area (Å²) < 4.78 is 0. The minimum absolute atomic E-state index is 0.232. The first-order valence-electron chi connectivity index (χ1n) is 4.24. The van der Waals surface area contributed by atoms with Gasteiger partial charge in [-0.15, -0.1) is 0 Å². The van der Waals surface area contributed by atoms with Crippen LogP contribution in [-0.4, -0.2) is 14.7 Å². The van der Waals surface area contributed by atoms with Crippen molar-refractivity contribution in [1.29, 1.82) is 0 Å².